The van der Waals surface area contributed by atoms with E-state index < -0.39 is 76.5 Å². The predicted molar refractivity (Wildman–Crippen MR) is 141 cm³/mol. The van der Waals surface area contributed by atoms with Crippen LogP contribution >= 0.6 is 0 Å². The van der Waals surface area contributed by atoms with Gasteiger partial charge in [-0.25, -0.2) is 0 Å². The number of hydrogen-bond donors (Lipinski definition) is 6. The van der Waals surface area contributed by atoms with Gasteiger partial charge in [0, 0.05) is 42.9 Å². The van der Waals surface area contributed by atoms with Crippen LogP contribution in [0.15, 0.2) is 18.2 Å². The third-order valence-electron chi connectivity index (χ3n) is 8.29. The molecular formula is C29H33NO11. The van der Waals surface area contributed by atoms with E-state index in [4.69, 9.17) is 14.2 Å². The summed E-state index contributed by atoms with van der Waals surface area (Å²) in [5.74, 6) is -2.94. The standard InChI is InChI=1S/C29H33NO11/c1-11-24(33)16(30-13(3)32)8-19(40-11)41-18-10-29(38,12(2)31)9-15-21(18)28(37)23-22(26(15)35)25(34)14-6-5-7-17(39-4)20(14)27(23)36/h5-7,11-12,16,18-19,24,31,33,35,37-38H,8-10H2,1-4H3,(H,30,32)/t11-,12+,16-,18+,19-,24+,29-/m1/s1. The summed E-state index contributed by atoms with van der Waals surface area (Å²) in [5.41, 5.74) is -2.87. The Balaban J connectivity index is 1.64. The van der Waals surface area contributed by atoms with E-state index in [1.807, 2.05) is 0 Å². The lowest BCUT2D eigenvalue weighted by Crippen LogP contribution is -2.55. The van der Waals surface area contributed by atoms with Crippen LogP contribution in [-0.2, 0) is 20.7 Å². The Morgan fingerprint density at radius 1 is 1.15 bits per heavy atom. The first kappa shape index (κ1) is 29.0. The Morgan fingerprint density at radius 3 is 2.46 bits per heavy atom. The number of aliphatic hydroxyl groups excluding tert-OH is 2. The van der Waals surface area contributed by atoms with Crippen LogP contribution in [0.3, 0.4) is 0 Å². The van der Waals surface area contributed by atoms with Gasteiger partial charge in [0.1, 0.15) is 23.4 Å². The van der Waals surface area contributed by atoms with Crippen LogP contribution in [0.1, 0.15) is 82.7 Å². The molecule has 1 aliphatic heterocycles. The lowest BCUT2D eigenvalue weighted by molar-refractivity contribution is -0.252. The molecule has 7 atom stereocenters. The number of methoxy groups -OCH3 is 1. The first-order chi connectivity index (χ1) is 19.3. The highest BCUT2D eigenvalue weighted by molar-refractivity contribution is 6.31. The van der Waals surface area contributed by atoms with E-state index in [0.717, 1.165) is 0 Å². The molecule has 2 aromatic rings. The minimum atomic E-state index is -1.85. The van der Waals surface area contributed by atoms with Crippen LogP contribution in [0.2, 0.25) is 0 Å². The van der Waals surface area contributed by atoms with E-state index in [0.29, 0.717) is 0 Å². The molecule has 0 radical (unpaired) electrons. The second-order valence-electron chi connectivity index (χ2n) is 11.0. The quantitative estimate of drug-likeness (QED) is 0.239. The van der Waals surface area contributed by atoms with Gasteiger partial charge in [0.15, 0.2) is 12.1 Å². The van der Waals surface area contributed by atoms with Crippen molar-refractivity contribution in [2.24, 2.45) is 0 Å². The summed E-state index contributed by atoms with van der Waals surface area (Å²) in [4.78, 5) is 39.0. The zero-order chi connectivity index (χ0) is 30.0. The summed E-state index contributed by atoms with van der Waals surface area (Å²) in [6, 6.07) is 3.71. The fourth-order valence-electron chi connectivity index (χ4n) is 6.11. The second kappa shape index (κ2) is 10.4. The van der Waals surface area contributed by atoms with E-state index in [1.54, 1.807) is 6.92 Å². The van der Waals surface area contributed by atoms with Crippen LogP contribution in [0.4, 0.5) is 0 Å². The zero-order valence-corrected chi connectivity index (χ0v) is 23.0. The predicted octanol–water partition coefficient (Wildman–Crippen LogP) is 0.998. The molecule has 1 heterocycles. The highest BCUT2D eigenvalue weighted by Gasteiger charge is 2.49. The third kappa shape index (κ3) is 4.65. The molecule has 0 saturated carbocycles. The normalized spacial score (nSPS) is 29.7. The molecule has 5 rings (SSSR count). The van der Waals surface area contributed by atoms with Crippen molar-refractivity contribution >= 4 is 17.5 Å². The Morgan fingerprint density at radius 2 is 1.83 bits per heavy atom. The molecule has 41 heavy (non-hydrogen) atoms. The molecular weight excluding hydrogens is 538 g/mol. The Hall–Kier alpha value is -3.55. The van der Waals surface area contributed by atoms with Crippen molar-refractivity contribution in [3.63, 3.8) is 0 Å². The van der Waals surface area contributed by atoms with E-state index in [2.05, 4.69) is 5.32 Å². The van der Waals surface area contributed by atoms with E-state index in [-0.39, 0.29) is 53.2 Å². The SMILES string of the molecule is COc1cccc2c1C(=O)c1c(O)c3c(c(O)c1C2=O)C[C@](O)([C@H](C)O)C[C@@H]3O[C@@H]1C[C@@H](NC(C)=O)[C@@H](O)[C@@H](C)O1. The minimum Gasteiger partial charge on any atom is -0.507 e. The molecule has 220 valence electrons. The van der Waals surface area contributed by atoms with Gasteiger partial charge in [-0.1, -0.05) is 12.1 Å². The number of benzene rings is 2. The van der Waals surface area contributed by atoms with E-state index in [1.165, 1.54) is 39.2 Å². The number of phenols is 2. The van der Waals surface area contributed by atoms with Crippen molar-refractivity contribution in [3.8, 4) is 17.2 Å². The monoisotopic (exact) mass is 571 g/mol. The number of fused-ring (bicyclic) bond motifs is 3. The molecule has 0 bridgehead atoms. The lowest BCUT2D eigenvalue weighted by Gasteiger charge is -2.44. The second-order valence-corrected chi connectivity index (χ2v) is 11.0. The average Bonchev–Trinajstić information content (AvgIpc) is 2.91. The van der Waals surface area contributed by atoms with Gasteiger partial charge in [-0.15, -0.1) is 0 Å². The summed E-state index contributed by atoms with van der Waals surface area (Å²) in [7, 11) is 1.34. The molecule has 0 unspecified atom stereocenters. The minimum absolute atomic E-state index is 0.00367. The van der Waals surface area contributed by atoms with Crippen molar-refractivity contribution in [3.05, 3.63) is 51.6 Å². The van der Waals surface area contributed by atoms with Crippen molar-refractivity contribution in [1.29, 1.82) is 0 Å². The number of carbonyl (C=O) groups is 3. The van der Waals surface area contributed by atoms with Crippen LogP contribution < -0.4 is 10.1 Å². The number of hydrogen-bond acceptors (Lipinski definition) is 11. The van der Waals surface area contributed by atoms with Gasteiger partial charge in [0.25, 0.3) is 0 Å². The molecule has 1 amide bonds. The Bertz CT molecular complexity index is 1440. The molecule has 1 saturated heterocycles. The number of aromatic hydroxyl groups is 2. The number of rotatable bonds is 5. The molecule has 2 aromatic carbocycles. The maximum atomic E-state index is 13.7. The molecule has 2 aliphatic carbocycles. The van der Waals surface area contributed by atoms with Gasteiger partial charge in [0.2, 0.25) is 11.7 Å². The van der Waals surface area contributed by atoms with Crippen LogP contribution in [0.25, 0.3) is 0 Å². The maximum Gasteiger partial charge on any atom is 0.217 e. The summed E-state index contributed by atoms with van der Waals surface area (Å²) < 4.78 is 17.3. The number of aliphatic hydroxyl groups is 3. The van der Waals surface area contributed by atoms with Crippen molar-refractivity contribution in [1.82, 2.24) is 5.32 Å². The van der Waals surface area contributed by atoms with Gasteiger partial charge >= 0.3 is 0 Å². The van der Waals surface area contributed by atoms with Crippen molar-refractivity contribution < 1.29 is 54.1 Å². The number of amides is 1. The smallest absolute Gasteiger partial charge is 0.217 e. The molecule has 12 heteroatoms. The zero-order valence-electron chi connectivity index (χ0n) is 23.0. The number of carbonyl (C=O) groups excluding carboxylic acids is 3. The van der Waals surface area contributed by atoms with E-state index in [9.17, 15) is 39.9 Å². The summed E-state index contributed by atoms with van der Waals surface area (Å²) in [6.07, 6.45) is -6.03. The fraction of sp³-hybridized carbons (Fsp3) is 0.483. The maximum absolute atomic E-state index is 13.7. The average molecular weight is 572 g/mol. The third-order valence-corrected chi connectivity index (χ3v) is 8.29. The summed E-state index contributed by atoms with van der Waals surface area (Å²) >= 11 is 0. The summed E-state index contributed by atoms with van der Waals surface area (Å²) in [5, 5.41) is 58.0. The van der Waals surface area contributed by atoms with Crippen molar-refractivity contribution in [2.75, 3.05) is 7.11 Å². The van der Waals surface area contributed by atoms with Gasteiger partial charge in [-0.2, -0.15) is 0 Å². The Kier molecular flexibility index (Phi) is 7.33. The highest BCUT2D eigenvalue weighted by atomic mass is 16.7. The molecule has 0 aromatic heterocycles. The summed E-state index contributed by atoms with van der Waals surface area (Å²) in [6.45, 7) is 4.25. The van der Waals surface area contributed by atoms with Crippen LogP contribution in [0.5, 0.6) is 17.2 Å². The number of ketones is 2. The first-order valence-corrected chi connectivity index (χ1v) is 13.3. The van der Waals surface area contributed by atoms with Crippen molar-refractivity contribution in [2.45, 2.75) is 82.4 Å². The highest BCUT2D eigenvalue weighted by Crippen LogP contribution is 2.52. The number of ether oxygens (including phenoxy) is 3. The Labute approximate surface area is 235 Å². The van der Waals surface area contributed by atoms with Gasteiger partial charge in [-0.05, 0) is 19.9 Å². The lowest BCUT2D eigenvalue weighted by atomic mass is 9.71. The van der Waals surface area contributed by atoms with Gasteiger partial charge < -0.3 is 45.1 Å². The van der Waals surface area contributed by atoms with E-state index >= 15 is 0 Å². The molecule has 12 nitrogen and oxygen atoms in total. The topological polar surface area (TPSA) is 192 Å². The van der Waals surface area contributed by atoms with Crippen LogP contribution in [0, 0.1) is 0 Å². The molecule has 6 N–H and O–H groups in total. The number of phenolic OH excluding ortho intramolecular Hbond substituents is 2. The fourth-order valence-corrected chi connectivity index (χ4v) is 6.11. The van der Waals surface area contributed by atoms with Crippen LogP contribution in [-0.4, -0.2) is 86.4 Å². The van der Waals surface area contributed by atoms with Gasteiger partial charge in [-0.3, -0.25) is 14.4 Å². The molecule has 1 fully saturated rings. The first-order valence-electron chi connectivity index (χ1n) is 13.3. The number of nitrogens with one attached hydrogen (secondary N) is 1. The molecule has 0 spiro atoms. The van der Waals surface area contributed by atoms with Gasteiger partial charge in [0.05, 0.1) is 53.8 Å². The largest absolute Gasteiger partial charge is 0.507 e. The molecule has 3 aliphatic rings.